The van der Waals surface area contributed by atoms with Crippen LogP contribution in [0.4, 0.5) is 17.8 Å². The molecule has 2 aliphatic heterocycles. The van der Waals surface area contributed by atoms with Crippen molar-refractivity contribution < 1.29 is 19.9 Å². The van der Waals surface area contributed by atoms with Gasteiger partial charge >= 0.3 is 0 Å². The summed E-state index contributed by atoms with van der Waals surface area (Å²) in [5.74, 6) is 1.91. The molecule has 5 rings (SSSR count). The third-order valence-electron chi connectivity index (χ3n) is 13.3. The maximum Gasteiger partial charge on any atom is 0.232 e. The van der Waals surface area contributed by atoms with Gasteiger partial charge in [-0.25, -0.2) is 0 Å². The Morgan fingerprint density at radius 1 is 0.526 bits per heavy atom. The van der Waals surface area contributed by atoms with Gasteiger partial charge in [-0.3, -0.25) is 9.68 Å². The molecule has 2 aliphatic carbocycles. The van der Waals surface area contributed by atoms with E-state index in [0.717, 1.165) is 90.1 Å². The maximum atomic E-state index is 10.2. The number of hydrogen-bond donors (Lipinski definition) is 2. The molecule has 3 heterocycles. The normalized spacial score (nSPS) is 23.8. The minimum Gasteiger partial charge on any atom is -0.395 e. The van der Waals surface area contributed by atoms with Gasteiger partial charge in [0, 0.05) is 60.4 Å². The van der Waals surface area contributed by atoms with Gasteiger partial charge in [0.15, 0.2) is 0 Å². The predicted octanol–water partition coefficient (Wildman–Crippen LogP) is 8.45. The zero-order valence-corrected chi connectivity index (χ0v) is 38.1. The zero-order valence-electron chi connectivity index (χ0n) is 38.1. The number of unbranched alkanes of at least 4 members (excludes halogenated alkanes) is 2. The highest BCUT2D eigenvalue weighted by Crippen LogP contribution is 2.45. The topological polar surface area (TPSA) is 114 Å². The van der Waals surface area contributed by atoms with Gasteiger partial charge in [0.05, 0.1) is 25.4 Å². The number of hydrogen-bond acceptors (Lipinski definition) is 12. The summed E-state index contributed by atoms with van der Waals surface area (Å²) in [6.45, 7) is 25.5. The molecular formula is C45H84N8O4. The van der Waals surface area contributed by atoms with Crippen molar-refractivity contribution in [3.05, 3.63) is 0 Å². The van der Waals surface area contributed by atoms with Crippen molar-refractivity contribution in [2.24, 2.45) is 0 Å². The Morgan fingerprint density at radius 3 is 1.18 bits per heavy atom. The predicted molar refractivity (Wildman–Crippen MR) is 233 cm³/mol. The molecular weight excluding hydrogens is 717 g/mol. The van der Waals surface area contributed by atoms with E-state index in [1.54, 1.807) is 0 Å². The van der Waals surface area contributed by atoms with Gasteiger partial charge in [0.2, 0.25) is 17.8 Å². The molecule has 0 spiro atoms. The second kappa shape index (κ2) is 20.2. The number of aromatic nitrogens is 3. The molecule has 1 aromatic heterocycles. The van der Waals surface area contributed by atoms with Crippen LogP contribution >= 0.6 is 0 Å². The van der Waals surface area contributed by atoms with Crippen molar-refractivity contribution >= 4 is 17.8 Å². The molecule has 0 bridgehead atoms. The number of nitrogens with zero attached hydrogens (tertiary/aromatic N) is 8. The lowest BCUT2D eigenvalue weighted by atomic mass is 9.78. The number of anilines is 3. The van der Waals surface area contributed by atoms with Gasteiger partial charge in [-0.1, -0.05) is 65.2 Å². The second-order valence-corrected chi connectivity index (χ2v) is 20.5. The highest BCUT2D eigenvalue weighted by molar-refractivity contribution is 5.48. The fourth-order valence-electron chi connectivity index (χ4n) is 10.9. The summed E-state index contributed by atoms with van der Waals surface area (Å²) in [4.78, 5) is 36.7. The van der Waals surface area contributed by atoms with E-state index in [9.17, 15) is 10.2 Å². The first kappa shape index (κ1) is 46.2. The Morgan fingerprint density at radius 2 is 0.860 bits per heavy atom. The fraction of sp³-hybridized carbons (Fsp3) is 0.933. The number of rotatable bonds is 19. The van der Waals surface area contributed by atoms with Crippen molar-refractivity contribution in [1.82, 2.24) is 25.1 Å². The first-order valence-electron chi connectivity index (χ1n) is 23.3. The summed E-state index contributed by atoms with van der Waals surface area (Å²) in [5.41, 5.74) is -0.814. The molecule has 2 saturated heterocycles. The second-order valence-electron chi connectivity index (χ2n) is 20.5. The molecule has 0 radical (unpaired) electrons. The van der Waals surface area contributed by atoms with Gasteiger partial charge in [0.25, 0.3) is 0 Å². The largest absolute Gasteiger partial charge is 0.395 e. The Hall–Kier alpha value is -1.83. The highest BCUT2D eigenvalue weighted by atomic mass is 16.7. The number of hydroxylamine groups is 4. The Balaban J connectivity index is 1.54. The van der Waals surface area contributed by atoms with Crippen molar-refractivity contribution in [2.75, 3.05) is 54.1 Å². The number of aliphatic hydroxyl groups is 2. The van der Waals surface area contributed by atoms with Gasteiger partial charge in [-0.05, 0) is 120 Å². The van der Waals surface area contributed by atoms with Crippen LogP contribution in [0.15, 0.2) is 0 Å². The summed E-state index contributed by atoms with van der Waals surface area (Å²) in [7, 11) is 0. The maximum absolute atomic E-state index is 10.2. The summed E-state index contributed by atoms with van der Waals surface area (Å²) in [5, 5.41) is 25.1. The average molecular weight is 801 g/mol. The minimum atomic E-state index is -0.204. The van der Waals surface area contributed by atoms with Crippen LogP contribution in [-0.2, 0) is 9.68 Å². The summed E-state index contributed by atoms with van der Waals surface area (Å²) in [6, 6.07) is 0.365. The molecule has 328 valence electrons. The van der Waals surface area contributed by atoms with Gasteiger partial charge in [-0.15, -0.1) is 0 Å². The van der Waals surface area contributed by atoms with Crippen LogP contribution in [0.1, 0.15) is 185 Å². The van der Waals surface area contributed by atoms with E-state index in [-0.39, 0.29) is 59.7 Å². The van der Waals surface area contributed by atoms with Crippen LogP contribution in [0, 0.1) is 0 Å². The van der Waals surface area contributed by atoms with Crippen molar-refractivity contribution in [3.63, 3.8) is 0 Å². The van der Waals surface area contributed by atoms with Crippen molar-refractivity contribution in [3.8, 4) is 0 Å². The lowest BCUT2D eigenvalue weighted by Gasteiger charge is -2.57. The molecule has 4 fully saturated rings. The van der Waals surface area contributed by atoms with Crippen LogP contribution in [0.25, 0.3) is 0 Å². The minimum absolute atomic E-state index is 0.0564. The molecule has 4 aliphatic rings. The Labute approximate surface area is 347 Å². The van der Waals surface area contributed by atoms with E-state index in [0.29, 0.717) is 30.9 Å². The number of aliphatic hydroxyl groups excluding tert-OH is 2. The first-order valence-corrected chi connectivity index (χ1v) is 23.3. The SMILES string of the molecule is CCCCN(c1nc(N(CCO)CCO)nc(N(CCCC)C2CC(C)(C)N(OC3CCCCC3)C(C)(C)C2)n1)C1CC(C)(C)N(OC2CCCCC2)C(C)(C)C1. The highest BCUT2D eigenvalue weighted by Gasteiger charge is 2.51. The van der Waals surface area contributed by atoms with E-state index in [4.69, 9.17) is 24.6 Å². The standard InChI is InChI=1S/C45H84N8O4/c1-11-13-25-50(35-31-42(3,4)52(43(5,6)32-35)56-37-21-17-15-18-22-37)40-46-39(49(27-29-54)28-30-55)47-41(48-40)51(26-14-12-2)36-33-44(7,8)53(45(9,10)34-36)57-38-23-19-16-20-24-38/h35-38,54-55H,11-34H2,1-10H3. The molecule has 0 unspecified atom stereocenters. The van der Waals surface area contributed by atoms with Gasteiger partial charge < -0.3 is 24.9 Å². The lowest BCUT2D eigenvalue weighted by molar-refractivity contribution is -0.310. The molecule has 1 aromatic rings. The zero-order chi connectivity index (χ0) is 41.4. The monoisotopic (exact) mass is 801 g/mol. The Bertz CT molecular complexity index is 1230. The smallest absolute Gasteiger partial charge is 0.232 e. The van der Waals surface area contributed by atoms with Crippen LogP contribution in [0.3, 0.4) is 0 Å². The van der Waals surface area contributed by atoms with Crippen LogP contribution in [-0.4, -0.2) is 121 Å². The van der Waals surface area contributed by atoms with Gasteiger partial charge in [0.1, 0.15) is 0 Å². The quantitative estimate of drug-likeness (QED) is 0.140. The summed E-state index contributed by atoms with van der Waals surface area (Å²) < 4.78 is 0. The summed E-state index contributed by atoms with van der Waals surface area (Å²) >= 11 is 0. The summed E-state index contributed by atoms with van der Waals surface area (Å²) in [6.07, 6.45) is 20.6. The van der Waals surface area contributed by atoms with Crippen LogP contribution in [0.5, 0.6) is 0 Å². The van der Waals surface area contributed by atoms with Gasteiger partial charge in [-0.2, -0.15) is 25.1 Å². The first-order chi connectivity index (χ1) is 27.0. The molecule has 0 aromatic carbocycles. The molecule has 2 N–H and O–H groups in total. The average Bonchev–Trinajstić information content (AvgIpc) is 3.15. The van der Waals surface area contributed by atoms with E-state index in [1.165, 1.54) is 38.5 Å². The van der Waals surface area contributed by atoms with E-state index in [2.05, 4.69) is 89.2 Å². The molecule has 0 amide bonds. The lowest BCUT2D eigenvalue weighted by Crippen LogP contribution is -2.65. The Kier molecular flexibility index (Phi) is 16.3. The van der Waals surface area contributed by atoms with E-state index < -0.39 is 0 Å². The molecule has 2 saturated carbocycles. The molecule has 0 atom stereocenters. The third kappa shape index (κ3) is 11.7. The van der Waals surface area contributed by atoms with Crippen LogP contribution in [0.2, 0.25) is 0 Å². The molecule has 12 heteroatoms. The number of piperidine rings is 2. The van der Waals surface area contributed by atoms with E-state index >= 15 is 0 Å². The molecule has 12 nitrogen and oxygen atoms in total. The van der Waals surface area contributed by atoms with Crippen LogP contribution < -0.4 is 14.7 Å². The molecule has 57 heavy (non-hydrogen) atoms. The van der Waals surface area contributed by atoms with Crippen molar-refractivity contribution in [2.45, 2.75) is 231 Å². The van der Waals surface area contributed by atoms with Crippen molar-refractivity contribution in [1.29, 1.82) is 0 Å². The van der Waals surface area contributed by atoms with E-state index in [1.807, 2.05) is 4.90 Å². The third-order valence-corrected chi connectivity index (χ3v) is 13.3. The fourth-order valence-corrected chi connectivity index (χ4v) is 10.9.